The van der Waals surface area contributed by atoms with E-state index >= 15 is 8.78 Å². The number of alkyl halides is 2. The summed E-state index contributed by atoms with van der Waals surface area (Å²) in [6.07, 6.45) is 0.943. The topological polar surface area (TPSA) is 123 Å². The summed E-state index contributed by atoms with van der Waals surface area (Å²) in [5.74, 6) is -7.19. The molecule has 0 aromatic heterocycles. The van der Waals surface area contributed by atoms with Crippen LogP contribution in [0, 0.1) is 23.2 Å². The van der Waals surface area contributed by atoms with E-state index in [2.05, 4.69) is 10.6 Å². The van der Waals surface area contributed by atoms with E-state index in [0.717, 1.165) is 11.3 Å². The number of carbonyl (C=O) groups excluding carboxylic acids is 3. The van der Waals surface area contributed by atoms with E-state index in [4.69, 9.17) is 11.6 Å². The van der Waals surface area contributed by atoms with Gasteiger partial charge < -0.3 is 20.6 Å². The first-order valence-electron chi connectivity index (χ1n) is 13.9. The van der Waals surface area contributed by atoms with Gasteiger partial charge in [-0.1, -0.05) is 41.9 Å². The Bertz CT molecular complexity index is 1480. The number of piperidine rings is 3. The van der Waals surface area contributed by atoms with Gasteiger partial charge in [-0.3, -0.25) is 14.4 Å². The molecule has 41 heavy (non-hydrogen) atoms. The van der Waals surface area contributed by atoms with Gasteiger partial charge in [-0.25, -0.2) is 8.78 Å². The van der Waals surface area contributed by atoms with E-state index in [1.165, 1.54) is 6.07 Å². The first kappa shape index (κ1) is 27.6. The van der Waals surface area contributed by atoms with E-state index < -0.39 is 59.7 Å². The fraction of sp³-hybridized carbons (Fsp3) is 0.467. The highest BCUT2D eigenvalue weighted by Gasteiger charge is 2.63. The van der Waals surface area contributed by atoms with Crippen molar-refractivity contribution in [1.82, 2.24) is 15.5 Å². The fourth-order valence-electron chi connectivity index (χ4n) is 7.19. The predicted octanol–water partition coefficient (Wildman–Crippen LogP) is 3.50. The SMILES string of the molecule is N#C[C@H](C[C@H]1CCCNC1=O)NC(=O)[C@@H]1[C@H]2CC[C@H](CC2(F)F)N1C(=O)[C@@]1(O)c2ccccc2-c2ccc(Cl)cc21. The third kappa shape index (κ3) is 4.37. The molecule has 214 valence electrons. The van der Waals surface area contributed by atoms with Gasteiger partial charge in [0.15, 0.2) is 5.60 Å². The highest BCUT2D eigenvalue weighted by molar-refractivity contribution is 6.31. The maximum atomic E-state index is 15.3. The minimum absolute atomic E-state index is 0.0131. The minimum Gasteiger partial charge on any atom is -0.372 e. The average molecular weight is 583 g/mol. The van der Waals surface area contributed by atoms with Crippen molar-refractivity contribution < 1.29 is 28.3 Å². The molecule has 2 aliphatic carbocycles. The molecule has 8 nitrogen and oxygen atoms in total. The van der Waals surface area contributed by atoms with Crippen LogP contribution in [0.2, 0.25) is 5.02 Å². The van der Waals surface area contributed by atoms with Crippen LogP contribution in [0.25, 0.3) is 11.1 Å². The first-order valence-corrected chi connectivity index (χ1v) is 14.2. The highest BCUT2D eigenvalue weighted by Crippen LogP contribution is 2.54. The molecule has 3 N–H and O–H groups in total. The zero-order valence-corrected chi connectivity index (χ0v) is 22.8. The molecule has 0 radical (unpaired) electrons. The number of carbonyl (C=O) groups is 3. The molecule has 3 amide bonds. The van der Waals surface area contributed by atoms with Crippen molar-refractivity contribution in [2.45, 2.75) is 68.2 Å². The van der Waals surface area contributed by atoms with Crippen LogP contribution >= 0.6 is 11.6 Å². The molecule has 1 saturated carbocycles. The minimum atomic E-state index is -3.22. The molecule has 3 heterocycles. The lowest BCUT2D eigenvalue weighted by molar-refractivity contribution is -0.201. The second-order valence-electron chi connectivity index (χ2n) is 11.5. The van der Waals surface area contributed by atoms with Crippen molar-refractivity contribution >= 4 is 29.3 Å². The molecular formula is C30H29ClF2N4O4. The number of nitrogens with one attached hydrogen (secondary N) is 2. The van der Waals surface area contributed by atoms with Crippen molar-refractivity contribution in [2.24, 2.45) is 11.8 Å². The predicted molar refractivity (Wildman–Crippen MR) is 144 cm³/mol. The fourth-order valence-corrected chi connectivity index (χ4v) is 7.36. The Morgan fingerprint density at radius 1 is 1.17 bits per heavy atom. The van der Waals surface area contributed by atoms with Crippen LogP contribution in [0.3, 0.4) is 0 Å². The zero-order valence-electron chi connectivity index (χ0n) is 22.1. The molecule has 5 aliphatic rings. The standard InChI is InChI=1S/C30H29ClF2N4O4/c31-17-7-9-21-20-5-1-2-6-22(20)30(41,24(21)13-17)28(40)37-19-8-10-23(29(32,33)14-19)25(37)27(39)36-18(15-34)12-16-4-3-11-35-26(16)38/h1-2,5-7,9,13,16,18-19,23,25,41H,3-4,8,10-12,14H2,(H,35,38)(H,36,39)/t16-,18+,19-,23-,25+,30-/m1/s1. The Hall–Kier alpha value is -3.55. The molecule has 4 fully saturated rings. The van der Waals surface area contributed by atoms with E-state index in [9.17, 15) is 24.8 Å². The third-order valence-electron chi connectivity index (χ3n) is 9.12. The van der Waals surface area contributed by atoms with Crippen molar-refractivity contribution in [1.29, 1.82) is 5.26 Å². The third-order valence-corrected chi connectivity index (χ3v) is 9.35. The number of hydrogen-bond acceptors (Lipinski definition) is 5. The van der Waals surface area contributed by atoms with Gasteiger partial charge in [0, 0.05) is 41.1 Å². The molecule has 0 spiro atoms. The van der Waals surface area contributed by atoms with Gasteiger partial charge in [-0.05, 0) is 55.4 Å². The first-order chi connectivity index (χ1) is 19.6. The summed E-state index contributed by atoms with van der Waals surface area (Å²) in [6.45, 7) is 0.538. The Morgan fingerprint density at radius 3 is 2.66 bits per heavy atom. The summed E-state index contributed by atoms with van der Waals surface area (Å²) in [6, 6.07) is 9.88. The van der Waals surface area contributed by atoms with Crippen LogP contribution < -0.4 is 10.6 Å². The van der Waals surface area contributed by atoms with Gasteiger partial charge in [-0.2, -0.15) is 5.26 Å². The number of benzene rings is 2. The van der Waals surface area contributed by atoms with Crippen LogP contribution in [-0.2, 0) is 20.0 Å². The number of amides is 3. The number of rotatable bonds is 5. The van der Waals surface area contributed by atoms with Gasteiger partial charge >= 0.3 is 0 Å². The molecule has 0 unspecified atom stereocenters. The lowest BCUT2D eigenvalue weighted by Gasteiger charge is -2.54. The number of nitrogens with zero attached hydrogens (tertiary/aromatic N) is 2. The molecule has 7 rings (SSSR count). The monoisotopic (exact) mass is 582 g/mol. The van der Waals surface area contributed by atoms with Gasteiger partial charge in [-0.15, -0.1) is 0 Å². The van der Waals surface area contributed by atoms with Crippen LogP contribution in [-0.4, -0.2) is 58.3 Å². The second kappa shape index (κ2) is 10.1. The van der Waals surface area contributed by atoms with Crippen molar-refractivity contribution in [2.75, 3.05) is 6.54 Å². The zero-order chi connectivity index (χ0) is 29.1. The summed E-state index contributed by atoms with van der Waals surface area (Å²) < 4.78 is 30.6. The maximum Gasteiger partial charge on any atom is 0.264 e. The van der Waals surface area contributed by atoms with E-state index in [-0.39, 0.29) is 41.3 Å². The van der Waals surface area contributed by atoms with Gasteiger partial charge in [0.05, 0.1) is 12.0 Å². The smallest absolute Gasteiger partial charge is 0.264 e. The average Bonchev–Trinajstić information content (AvgIpc) is 3.21. The number of hydrogen-bond donors (Lipinski definition) is 3. The largest absolute Gasteiger partial charge is 0.372 e. The van der Waals surface area contributed by atoms with E-state index in [0.29, 0.717) is 24.1 Å². The summed E-state index contributed by atoms with van der Waals surface area (Å²) in [5, 5.41) is 27.6. The van der Waals surface area contributed by atoms with Crippen molar-refractivity contribution in [3.05, 3.63) is 58.6 Å². The summed E-state index contributed by atoms with van der Waals surface area (Å²) in [4.78, 5) is 41.6. The Morgan fingerprint density at radius 2 is 1.93 bits per heavy atom. The molecule has 2 aromatic carbocycles. The Labute approximate surface area is 240 Å². The molecule has 6 atom stereocenters. The van der Waals surface area contributed by atoms with E-state index in [1.54, 1.807) is 36.4 Å². The van der Waals surface area contributed by atoms with Crippen LogP contribution in [0.15, 0.2) is 42.5 Å². The van der Waals surface area contributed by atoms with Crippen molar-refractivity contribution in [3.8, 4) is 17.2 Å². The number of halogens is 3. The lowest BCUT2D eigenvalue weighted by Crippen LogP contribution is -2.70. The van der Waals surface area contributed by atoms with Crippen LogP contribution in [0.5, 0.6) is 0 Å². The maximum absolute atomic E-state index is 15.3. The molecule has 2 bridgehead atoms. The molecule has 2 aromatic rings. The molecule has 3 aliphatic heterocycles. The summed E-state index contributed by atoms with van der Waals surface area (Å²) in [5.41, 5.74) is -0.546. The Kier molecular flexibility index (Phi) is 6.78. The normalized spacial score (nSPS) is 30.0. The highest BCUT2D eigenvalue weighted by atomic mass is 35.5. The summed E-state index contributed by atoms with van der Waals surface area (Å²) >= 11 is 6.27. The number of fused-ring (bicyclic) bond motifs is 6. The van der Waals surface area contributed by atoms with Crippen LogP contribution in [0.4, 0.5) is 8.78 Å². The molecule has 11 heteroatoms. The van der Waals surface area contributed by atoms with Crippen LogP contribution in [0.1, 0.15) is 49.7 Å². The van der Waals surface area contributed by atoms with Gasteiger partial charge in [0.25, 0.3) is 11.8 Å². The van der Waals surface area contributed by atoms with E-state index in [1.807, 2.05) is 6.07 Å². The number of aliphatic hydroxyl groups is 1. The molecular weight excluding hydrogens is 554 g/mol. The van der Waals surface area contributed by atoms with Crippen molar-refractivity contribution in [3.63, 3.8) is 0 Å². The lowest BCUT2D eigenvalue weighted by atomic mass is 9.70. The van der Waals surface area contributed by atoms with Gasteiger partial charge in [0.2, 0.25) is 11.8 Å². The quantitative estimate of drug-likeness (QED) is 0.498. The number of nitriles is 1. The summed E-state index contributed by atoms with van der Waals surface area (Å²) in [7, 11) is 0. The Balaban J connectivity index is 1.36. The second-order valence-corrected chi connectivity index (χ2v) is 11.9. The molecule has 3 saturated heterocycles. The van der Waals surface area contributed by atoms with Gasteiger partial charge in [0.1, 0.15) is 12.1 Å².